The van der Waals surface area contributed by atoms with Crippen LogP contribution in [0.25, 0.3) is 0 Å². The van der Waals surface area contributed by atoms with E-state index in [9.17, 15) is 0 Å². The lowest BCUT2D eigenvalue weighted by molar-refractivity contribution is 0.0982. The molecule has 100 valence electrons. The first-order valence-electron chi connectivity index (χ1n) is 7.04. The van der Waals surface area contributed by atoms with Crippen LogP contribution < -0.4 is 5.32 Å². The number of halogens is 1. The summed E-state index contributed by atoms with van der Waals surface area (Å²) < 4.78 is 0. The van der Waals surface area contributed by atoms with Gasteiger partial charge in [-0.05, 0) is 48.9 Å². The first-order chi connectivity index (χ1) is 8.57. The number of likely N-dealkylation sites (N-methyl/N-ethyl adjacent to an activating group) is 1. The number of rotatable bonds is 5. The Hall–Kier alpha value is -0.530. The van der Waals surface area contributed by atoms with Crippen molar-refractivity contribution in [1.29, 1.82) is 0 Å². The molecule has 1 nitrogen and oxygen atoms in total. The molecule has 0 bridgehead atoms. The third-order valence-corrected chi connectivity index (χ3v) is 4.63. The van der Waals surface area contributed by atoms with Gasteiger partial charge >= 0.3 is 0 Å². The summed E-state index contributed by atoms with van der Waals surface area (Å²) in [6.07, 6.45) is 2.58. The van der Waals surface area contributed by atoms with Crippen LogP contribution in [0.15, 0.2) is 24.3 Å². The van der Waals surface area contributed by atoms with Gasteiger partial charge in [0.15, 0.2) is 0 Å². The zero-order chi connectivity index (χ0) is 13.2. The highest BCUT2D eigenvalue weighted by atomic mass is 35.5. The number of hydrogen-bond acceptors (Lipinski definition) is 1. The topological polar surface area (TPSA) is 12.0 Å². The average Bonchev–Trinajstić information content (AvgIpc) is 2.27. The summed E-state index contributed by atoms with van der Waals surface area (Å²) in [5, 5.41) is 4.38. The minimum Gasteiger partial charge on any atom is -0.316 e. The van der Waals surface area contributed by atoms with E-state index in [1.54, 1.807) is 0 Å². The van der Waals surface area contributed by atoms with E-state index in [0.29, 0.717) is 5.41 Å². The van der Waals surface area contributed by atoms with Crippen molar-refractivity contribution in [3.8, 4) is 0 Å². The molecule has 1 N–H and O–H groups in total. The average molecular weight is 266 g/mol. The predicted octanol–water partition coefficient (Wildman–Crippen LogP) is 4.25. The van der Waals surface area contributed by atoms with E-state index < -0.39 is 0 Å². The molecule has 0 radical (unpaired) electrons. The second kappa shape index (κ2) is 5.63. The van der Waals surface area contributed by atoms with Gasteiger partial charge in [-0.25, -0.2) is 0 Å². The molecule has 2 rings (SSSR count). The van der Waals surface area contributed by atoms with Crippen molar-refractivity contribution in [3.63, 3.8) is 0 Å². The van der Waals surface area contributed by atoms with Crippen LogP contribution >= 0.6 is 11.6 Å². The minimum atomic E-state index is 0.315. The van der Waals surface area contributed by atoms with Crippen LogP contribution in [-0.4, -0.2) is 13.1 Å². The molecule has 2 heteroatoms. The fourth-order valence-corrected chi connectivity index (χ4v) is 3.27. The Morgan fingerprint density at radius 2 is 2.11 bits per heavy atom. The van der Waals surface area contributed by atoms with Gasteiger partial charge in [-0.1, -0.05) is 44.5 Å². The molecule has 0 spiro atoms. The van der Waals surface area contributed by atoms with Crippen molar-refractivity contribution in [2.75, 3.05) is 13.1 Å². The van der Waals surface area contributed by atoms with Crippen molar-refractivity contribution in [2.24, 2.45) is 11.8 Å². The zero-order valence-corrected chi connectivity index (χ0v) is 12.4. The molecule has 0 aliphatic heterocycles. The summed E-state index contributed by atoms with van der Waals surface area (Å²) in [5.41, 5.74) is 1.73. The molecule has 0 unspecified atom stereocenters. The highest BCUT2D eigenvalue weighted by Gasteiger charge is 2.45. The van der Waals surface area contributed by atoms with Gasteiger partial charge in [0.2, 0.25) is 0 Å². The second-order valence-corrected chi connectivity index (χ2v) is 6.42. The monoisotopic (exact) mass is 265 g/mol. The summed E-state index contributed by atoms with van der Waals surface area (Å²) >= 11 is 6.14. The van der Waals surface area contributed by atoms with Gasteiger partial charge in [0.25, 0.3) is 0 Å². The fraction of sp³-hybridized carbons (Fsp3) is 0.625. The lowest BCUT2D eigenvalue weighted by Gasteiger charge is -2.50. The molecule has 0 heterocycles. The summed E-state index contributed by atoms with van der Waals surface area (Å²) in [7, 11) is 0. The van der Waals surface area contributed by atoms with Gasteiger partial charge in [-0.3, -0.25) is 0 Å². The summed E-state index contributed by atoms with van der Waals surface area (Å²) in [4.78, 5) is 0. The van der Waals surface area contributed by atoms with Gasteiger partial charge in [0.1, 0.15) is 0 Å². The van der Waals surface area contributed by atoms with E-state index in [1.165, 1.54) is 18.4 Å². The highest BCUT2D eigenvalue weighted by molar-refractivity contribution is 6.30. The van der Waals surface area contributed by atoms with Crippen LogP contribution in [-0.2, 0) is 5.41 Å². The van der Waals surface area contributed by atoms with Gasteiger partial charge < -0.3 is 5.32 Å². The third-order valence-electron chi connectivity index (χ3n) is 4.40. The SMILES string of the molecule is CCNCC1(c2cccc(Cl)c2)CC(C(C)C)C1. The van der Waals surface area contributed by atoms with E-state index in [-0.39, 0.29) is 0 Å². The molecule has 18 heavy (non-hydrogen) atoms. The minimum absolute atomic E-state index is 0.315. The van der Waals surface area contributed by atoms with Crippen LogP contribution in [0.4, 0.5) is 0 Å². The highest BCUT2D eigenvalue weighted by Crippen LogP contribution is 2.50. The van der Waals surface area contributed by atoms with Crippen molar-refractivity contribution >= 4 is 11.6 Å². The quantitative estimate of drug-likeness (QED) is 0.839. The molecule has 1 aliphatic rings. The van der Waals surface area contributed by atoms with Crippen molar-refractivity contribution in [3.05, 3.63) is 34.9 Å². The Kier molecular flexibility index (Phi) is 4.34. The molecule has 0 amide bonds. The molecule has 0 aromatic heterocycles. The lowest BCUT2D eigenvalue weighted by Crippen LogP contribution is -2.50. The molecule has 0 saturated heterocycles. The van der Waals surface area contributed by atoms with Crippen LogP contribution in [0.2, 0.25) is 5.02 Å². The molecule has 1 aromatic rings. The zero-order valence-electron chi connectivity index (χ0n) is 11.7. The summed E-state index contributed by atoms with van der Waals surface area (Å²) in [6.45, 7) is 8.95. The molecule has 1 saturated carbocycles. The maximum absolute atomic E-state index is 6.14. The Bertz CT molecular complexity index is 394. The predicted molar refractivity (Wildman–Crippen MR) is 79.2 cm³/mol. The van der Waals surface area contributed by atoms with E-state index >= 15 is 0 Å². The maximum Gasteiger partial charge on any atom is 0.0408 e. The normalized spacial score (nSPS) is 27.3. The van der Waals surface area contributed by atoms with E-state index in [0.717, 1.165) is 29.9 Å². The molecule has 1 fully saturated rings. The van der Waals surface area contributed by atoms with E-state index in [1.807, 2.05) is 6.07 Å². The van der Waals surface area contributed by atoms with Crippen LogP contribution in [0.3, 0.4) is 0 Å². The van der Waals surface area contributed by atoms with Crippen LogP contribution in [0.5, 0.6) is 0 Å². The number of hydrogen-bond donors (Lipinski definition) is 1. The van der Waals surface area contributed by atoms with Gasteiger partial charge in [0.05, 0.1) is 0 Å². The largest absolute Gasteiger partial charge is 0.316 e. The van der Waals surface area contributed by atoms with E-state index in [2.05, 4.69) is 44.3 Å². The van der Waals surface area contributed by atoms with Crippen molar-refractivity contribution < 1.29 is 0 Å². The third kappa shape index (κ3) is 2.73. The first-order valence-corrected chi connectivity index (χ1v) is 7.42. The Morgan fingerprint density at radius 1 is 1.39 bits per heavy atom. The van der Waals surface area contributed by atoms with Crippen LogP contribution in [0.1, 0.15) is 39.2 Å². The fourth-order valence-electron chi connectivity index (χ4n) is 3.08. The number of nitrogens with one attached hydrogen (secondary N) is 1. The van der Waals surface area contributed by atoms with Gasteiger partial charge in [0, 0.05) is 17.0 Å². The van der Waals surface area contributed by atoms with Crippen molar-refractivity contribution in [2.45, 2.75) is 39.0 Å². The van der Waals surface area contributed by atoms with Crippen molar-refractivity contribution in [1.82, 2.24) is 5.32 Å². The maximum atomic E-state index is 6.14. The molecule has 1 aromatic carbocycles. The first kappa shape index (κ1) is 13.9. The molecule has 1 aliphatic carbocycles. The van der Waals surface area contributed by atoms with E-state index in [4.69, 9.17) is 11.6 Å². The van der Waals surface area contributed by atoms with Gasteiger partial charge in [-0.15, -0.1) is 0 Å². The standard InChI is InChI=1S/C16H24ClN/c1-4-18-11-16(9-13(10-16)12(2)3)14-6-5-7-15(17)8-14/h5-8,12-13,18H,4,9-11H2,1-3H3. The summed E-state index contributed by atoms with van der Waals surface area (Å²) in [5.74, 6) is 1.65. The Balaban J connectivity index is 2.17. The Morgan fingerprint density at radius 3 is 2.67 bits per heavy atom. The molecular formula is C16H24ClN. The molecule has 0 atom stereocenters. The number of benzene rings is 1. The Labute approximate surface area is 116 Å². The second-order valence-electron chi connectivity index (χ2n) is 5.98. The molecular weight excluding hydrogens is 242 g/mol. The van der Waals surface area contributed by atoms with Gasteiger partial charge in [-0.2, -0.15) is 0 Å². The lowest BCUT2D eigenvalue weighted by atomic mass is 9.56. The summed E-state index contributed by atoms with van der Waals surface area (Å²) in [6, 6.07) is 8.42. The smallest absolute Gasteiger partial charge is 0.0408 e. The van der Waals surface area contributed by atoms with Crippen LogP contribution in [0, 0.1) is 11.8 Å².